The fourth-order valence-corrected chi connectivity index (χ4v) is 2.02. The standard InChI is InChI=1S/C20H36N2O8/c1-17(19(23)24)15-27-12-8-7-10-21-9-5-3-4-6-11-22-28-13-14-29-30-16-18(2)20(25)26/h15-16,21-22H,3-14H2,1-2H3,(H,23,24)(H,25,26). The van der Waals surface area contributed by atoms with E-state index in [0.29, 0.717) is 13.2 Å². The van der Waals surface area contributed by atoms with E-state index in [9.17, 15) is 9.59 Å². The van der Waals surface area contributed by atoms with Crippen molar-refractivity contribution in [3.05, 3.63) is 23.7 Å². The minimum absolute atomic E-state index is 0.0523. The van der Waals surface area contributed by atoms with Crippen LogP contribution in [0.25, 0.3) is 0 Å². The highest BCUT2D eigenvalue weighted by molar-refractivity contribution is 5.85. The second-order valence-corrected chi connectivity index (χ2v) is 6.62. The molecule has 10 nitrogen and oxygen atoms in total. The van der Waals surface area contributed by atoms with Crippen LogP contribution in [0.2, 0.25) is 0 Å². The van der Waals surface area contributed by atoms with Gasteiger partial charge >= 0.3 is 11.9 Å². The average molecular weight is 433 g/mol. The van der Waals surface area contributed by atoms with Gasteiger partial charge in [-0.15, -0.1) is 0 Å². The Labute approximate surface area is 178 Å². The van der Waals surface area contributed by atoms with Crippen LogP contribution in [0.1, 0.15) is 52.4 Å². The highest BCUT2D eigenvalue weighted by Crippen LogP contribution is 1.99. The van der Waals surface area contributed by atoms with Gasteiger partial charge in [0.25, 0.3) is 0 Å². The maximum atomic E-state index is 10.6. The molecule has 0 atom stereocenters. The largest absolute Gasteiger partial charge is 0.501 e. The fourth-order valence-electron chi connectivity index (χ4n) is 2.02. The Balaban J connectivity index is 3.20. The Kier molecular flexibility index (Phi) is 18.7. The molecule has 0 aromatic carbocycles. The van der Waals surface area contributed by atoms with Gasteiger partial charge in [0.15, 0.2) is 0 Å². The van der Waals surface area contributed by atoms with Crippen LogP contribution in [0.15, 0.2) is 23.7 Å². The number of rotatable bonds is 21. The first-order valence-corrected chi connectivity index (χ1v) is 10.2. The molecule has 0 aliphatic heterocycles. The maximum absolute atomic E-state index is 10.6. The summed E-state index contributed by atoms with van der Waals surface area (Å²) in [5, 5.41) is 20.7. The second kappa shape index (κ2) is 20.1. The number of nitrogens with one attached hydrogen (secondary N) is 2. The highest BCUT2D eigenvalue weighted by atomic mass is 17.2. The summed E-state index contributed by atoms with van der Waals surface area (Å²) in [6.07, 6.45) is 8.58. The van der Waals surface area contributed by atoms with Crippen LogP contribution in [-0.2, 0) is 28.9 Å². The Morgan fingerprint density at radius 1 is 0.767 bits per heavy atom. The minimum Gasteiger partial charge on any atom is -0.501 e. The van der Waals surface area contributed by atoms with Crippen LogP contribution in [0.3, 0.4) is 0 Å². The molecule has 0 unspecified atom stereocenters. The van der Waals surface area contributed by atoms with Gasteiger partial charge < -0.3 is 25.2 Å². The zero-order valence-electron chi connectivity index (χ0n) is 18.0. The van der Waals surface area contributed by atoms with Crippen LogP contribution in [0.4, 0.5) is 0 Å². The molecule has 0 aliphatic rings. The predicted octanol–water partition coefficient (Wildman–Crippen LogP) is 2.38. The lowest BCUT2D eigenvalue weighted by Crippen LogP contribution is -2.19. The van der Waals surface area contributed by atoms with E-state index in [2.05, 4.69) is 15.7 Å². The SMILES string of the molecule is CC(=COCCCCNCCCCCCNOCCOOC=C(C)C(=O)O)C(=O)O. The van der Waals surface area contributed by atoms with E-state index in [1.807, 2.05) is 0 Å². The Bertz CT molecular complexity index is 477. The molecule has 174 valence electrons. The van der Waals surface area contributed by atoms with E-state index in [-0.39, 0.29) is 17.8 Å². The number of unbranched alkanes of at least 4 members (excludes halogenated alkanes) is 4. The number of hydroxylamine groups is 1. The molecular weight excluding hydrogens is 396 g/mol. The van der Waals surface area contributed by atoms with E-state index in [1.165, 1.54) is 20.1 Å². The van der Waals surface area contributed by atoms with Crippen LogP contribution in [-0.4, -0.2) is 61.6 Å². The fraction of sp³-hybridized carbons (Fsp3) is 0.700. The molecule has 0 saturated carbocycles. The van der Waals surface area contributed by atoms with Gasteiger partial charge in [-0.3, -0.25) is 4.84 Å². The first-order valence-electron chi connectivity index (χ1n) is 10.2. The van der Waals surface area contributed by atoms with E-state index < -0.39 is 11.9 Å². The summed E-state index contributed by atoms with van der Waals surface area (Å²) >= 11 is 0. The molecule has 0 bridgehead atoms. The number of carboxylic acids is 2. The van der Waals surface area contributed by atoms with Gasteiger partial charge in [0.1, 0.15) is 12.9 Å². The van der Waals surface area contributed by atoms with Gasteiger partial charge in [0.2, 0.25) is 0 Å². The molecule has 0 heterocycles. The Morgan fingerprint density at radius 2 is 1.37 bits per heavy atom. The number of carboxylic acid groups (broad SMARTS) is 2. The van der Waals surface area contributed by atoms with E-state index >= 15 is 0 Å². The zero-order valence-corrected chi connectivity index (χ0v) is 18.0. The van der Waals surface area contributed by atoms with Gasteiger partial charge in [0, 0.05) is 6.54 Å². The van der Waals surface area contributed by atoms with Crippen molar-refractivity contribution in [3.8, 4) is 0 Å². The molecule has 30 heavy (non-hydrogen) atoms. The van der Waals surface area contributed by atoms with Gasteiger partial charge in [-0.05, 0) is 52.6 Å². The monoisotopic (exact) mass is 432 g/mol. The highest BCUT2D eigenvalue weighted by Gasteiger charge is 2.00. The molecule has 0 saturated heterocycles. The molecule has 0 radical (unpaired) electrons. The molecule has 0 amide bonds. The minimum atomic E-state index is -1.06. The zero-order chi connectivity index (χ0) is 22.5. The third-order valence-corrected chi connectivity index (χ3v) is 3.85. The van der Waals surface area contributed by atoms with Crippen molar-refractivity contribution in [2.75, 3.05) is 39.5 Å². The van der Waals surface area contributed by atoms with E-state index in [4.69, 9.17) is 24.7 Å². The number of hydrogen-bond acceptors (Lipinski definition) is 8. The lowest BCUT2D eigenvalue weighted by molar-refractivity contribution is -0.258. The normalized spacial score (nSPS) is 12.1. The quantitative estimate of drug-likeness (QED) is 0.0703. The lowest BCUT2D eigenvalue weighted by Gasteiger charge is -2.07. The first-order chi connectivity index (χ1) is 14.4. The lowest BCUT2D eigenvalue weighted by atomic mass is 10.2. The molecule has 0 fully saturated rings. The van der Waals surface area contributed by atoms with Gasteiger partial charge in [-0.1, -0.05) is 12.8 Å². The topological polar surface area (TPSA) is 136 Å². The van der Waals surface area contributed by atoms with E-state index in [1.54, 1.807) is 0 Å². The summed E-state index contributed by atoms with van der Waals surface area (Å²) in [6, 6.07) is 0. The van der Waals surface area contributed by atoms with Crippen molar-refractivity contribution in [1.82, 2.24) is 10.8 Å². The summed E-state index contributed by atoms with van der Waals surface area (Å²) in [6.45, 7) is 6.59. The molecule has 0 aliphatic carbocycles. The smallest absolute Gasteiger partial charge is 0.334 e. The van der Waals surface area contributed by atoms with Crippen molar-refractivity contribution in [1.29, 1.82) is 0 Å². The van der Waals surface area contributed by atoms with Crippen molar-refractivity contribution in [2.45, 2.75) is 52.4 Å². The van der Waals surface area contributed by atoms with Crippen molar-refractivity contribution < 1.29 is 39.2 Å². The molecule has 4 N–H and O–H groups in total. The van der Waals surface area contributed by atoms with E-state index in [0.717, 1.165) is 64.4 Å². The third-order valence-electron chi connectivity index (χ3n) is 3.85. The third kappa shape index (κ3) is 19.2. The number of ether oxygens (including phenoxy) is 1. The first kappa shape index (κ1) is 27.9. The Morgan fingerprint density at radius 3 is 2.03 bits per heavy atom. The summed E-state index contributed by atoms with van der Waals surface area (Å²) in [7, 11) is 0. The van der Waals surface area contributed by atoms with Gasteiger partial charge in [0.05, 0.1) is 30.6 Å². The average Bonchev–Trinajstić information content (AvgIpc) is 2.71. The van der Waals surface area contributed by atoms with Crippen LogP contribution < -0.4 is 10.8 Å². The molecule has 0 rings (SSSR count). The summed E-state index contributed by atoms with van der Waals surface area (Å²) in [5.41, 5.74) is 3.10. The Hall–Kier alpha value is -2.14. The van der Waals surface area contributed by atoms with Crippen molar-refractivity contribution in [2.24, 2.45) is 0 Å². The van der Waals surface area contributed by atoms with Gasteiger partial charge in [-0.2, -0.15) is 4.89 Å². The number of carbonyl (C=O) groups is 2. The van der Waals surface area contributed by atoms with Crippen LogP contribution in [0.5, 0.6) is 0 Å². The molecule has 10 heteroatoms. The summed E-state index contributed by atoms with van der Waals surface area (Å²) < 4.78 is 5.18. The van der Waals surface area contributed by atoms with Crippen LogP contribution >= 0.6 is 0 Å². The molecular formula is C20H36N2O8. The summed E-state index contributed by atoms with van der Waals surface area (Å²) in [5.74, 6) is -2.02. The second-order valence-electron chi connectivity index (χ2n) is 6.62. The molecule has 0 spiro atoms. The maximum Gasteiger partial charge on any atom is 0.334 e. The van der Waals surface area contributed by atoms with Crippen molar-refractivity contribution in [3.63, 3.8) is 0 Å². The summed E-state index contributed by atoms with van der Waals surface area (Å²) in [4.78, 5) is 35.6. The molecule has 0 aromatic heterocycles. The number of aliphatic carboxylic acids is 2. The molecule has 0 aromatic rings. The van der Waals surface area contributed by atoms with Gasteiger partial charge in [-0.25, -0.2) is 15.1 Å². The predicted molar refractivity (Wildman–Crippen MR) is 110 cm³/mol. The number of hydrogen-bond donors (Lipinski definition) is 4. The van der Waals surface area contributed by atoms with Crippen LogP contribution in [0, 0.1) is 0 Å². The van der Waals surface area contributed by atoms with Crippen molar-refractivity contribution >= 4 is 11.9 Å².